The Bertz CT molecular complexity index is 1050. The van der Waals surface area contributed by atoms with Crippen LogP contribution in [0.3, 0.4) is 0 Å². The summed E-state index contributed by atoms with van der Waals surface area (Å²) in [4.78, 5) is 25.0. The average molecular weight is 355 g/mol. The first-order valence-electron chi connectivity index (χ1n) is 8.35. The molecule has 0 spiro atoms. The van der Waals surface area contributed by atoms with Crippen LogP contribution in [-0.4, -0.2) is 11.8 Å². The van der Waals surface area contributed by atoms with Crippen molar-refractivity contribution in [2.24, 2.45) is 0 Å². The van der Waals surface area contributed by atoms with E-state index in [9.17, 15) is 9.59 Å². The van der Waals surface area contributed by atoms with Gasteiger partial charge in [-0.25, -0.2) is 0 Å². The van der Waals surface area contributed by atoms with Gasteiger partial charge in [-0.05, 0) is 55.0 Å². The summed E-state index contributed by atoms with van der Waals surface area (Å²) in [5, 5.41) is 14.5. The fraction of sp³-hybridized carbons (Fsp3) is 0.0455. The second-order valence-corrected chi connectivity index (χ2v) is 6.00. The number of nitrogens with one attached hydrogen (secondary N) is 2. The number of nitriles is 1. The molecule has 0 fully saturated rings. The van der Waals surface area contributed by atoms with Crippen LogP contribution in [0.4, 0.5) is 11.4 Å². The average Bonchev–Trinajstić information content (AvgIpc) is 2.70. The predicted molar refractivity (Wildman–Crippen MR) is 105 cm³/mol. The van der Waals surface area contributed by atoms with Gasteiger partial charge in [-0.2, -0.15) is 5.26 Å². The number of anilines is 2. The number of para-hydroxylation sites is 1. The van der Waals surface area contributed by atoms with E-state index in [-0.39, 0.29) is 11.8 Å². The highest BCUT2D eigenvalue weighted by molar-refractivity contribution is 6.08. The number of aryl methyl sites for hydroxylation is 1. The highest BCUT2D eigenvalue weighted by Gasteiger charge is 2.12. The molecule has 0 aliphatic heterocycles. The van der Waals surface area contributed by atoms with Crippen molar-refractivity contribution in [3.05, 3.63) is 95.1 Å². The van der Waals surface area contributed by atoms with E-state index in [4.69, 9.17) is 5.26 Å². The third kappa shape index (κ3) is 4.39. The zero-order valence-electron chi connectivity index (χ0n) is 14.7. The molecular formula is C22H17N3O2. The molecule has 0 unspecified atom stereocenters. The van der Waals surface area contributed by atoms with Crippen LogP contribution in [0.25, 0.3) is 0 Å². The van der Waals surface area contributed by atoms with Crippen molar-refractivity contribution in [2.75, 3.05) is 10.6 Å². The molecule has 2 amide bonds. The number of rotatable bonds is 4. The minimum Gasteiger partial charge on any atom is -0.322 e. The first-order chi connectivity index (χ1) is 13.1. The van der Waals surface area contributed by atoms with Crippen LogP contribution in [0.2, 0.25) is 0 Å². The second-order valence-electron chi connectivity index (χ2n) is 6.00. The molecule has 0 aromatic heterocycles. The van der Waals surface area contributed by atoms with Crippen LogP contribution in [0.15, 0.2) is 72.8 Å². The van der Waals surface area contributed by atoms with Gasteiger partial charge in [0.05, 0.1) is 11.6 Å². The van der Waals surface area contributed by atoms with Gasteiger partial charge < -0.3 is 10.6 Å². The Kier molecular flexibility index (Phi) is 5.29. The van der Waals surface area contributed by atoms with Crippen molar-refractivity contribution in [1.82, 2.24) is 0 Å². The molecule has 0 atom stereocenters. The summed E-state index contributed by atoms with van der Waals surface area (Å²) in [6.07, 6.45) is 0. The molecule has 3 aromatic carbocycles. The summed E-state index contributed by atoms with van der Waals surface area (Å²) in [6, 6.07) is 22.6. The Morgan fingerprint density at radius 3 is 2.19 bits per heavy atom. The van der Waals surface area contributed by atoms with Crippen LogP contribution in [0, 0.1) is 18.3 Å². The number of benzene rings is 3. The highest BCUT2D eigenvalue weighted by Crippen LogP contribution is 2.16. The van der Waals surface area contributed by atoms with Gasteiger partial charge in [0, 0.05) is 22.5 Å². The summed E-state index contributed by atoms with van der Waals surface area (Å²) in [7, 11) is 0. The Morgan fingerprint density at radius 2 is 1.48 bits per heavy atom. The van der Waals surface area contributed by atoms with Crippen molar-refractivity contribution in [1.29, 1.82) is 5.26 Å². The summed E-state index contributed by atoms with van der Waals surface area (Å²) < 4.78 is 0. The summed E-state index contributed by atoms with van der Waals surface area (Å²) >= 11 is 0. The van der Waals surface area contributed by atoms with E-state index in [0.717, 1.165) is 11.3 Å². The maximum absolute atomic E-state index is 12.5. The Labute approximate surface area is 157 Å². The van der Waals surface area contributed by atoms with Gasteiger partial charge in [0.25, 0.3) is 11.8 Å². The maximum Gasteiger partial charge on any atom is 0.255 e. The topological polar surface area (TPSA) is 82.0 Å². The van der Waals surface area contributed by atoms with Crippen LogP contribution in [0.1, 0.15) is 31.8 Å². The van der Waals surface area contributed by atoms with Gasteiger partial charge in [0.1, 0.15) is 0 Å². The normalized spacial score (nSPS) is 9.93. The van der Waals surface area contributed by atoms with E-state index in [1.165, 1.54) is 6.07 Å². The van der Waals surface area contributed by atoms with Crippen molar-refractivity contribution in [2.45, 2.75) is 6.92 Å². The van der Waals surface area contributed by atoms with E-state index >= 15 is 0 Å². The molecule has 0 radical (unpaired) electrons. The molecule has 3 rings (SSSR count). The predicted octanol–water partition coefficient (Wildman–Crippen LogP) is 4.37. The molecule has 0 saturated carbocycles. The largest absolute Gasteiger partial charge is 0.322 e. The maximum atomic E-state index is 12.5. The molecule has 132 valence electrons. The van der Waals surface area contributed by atoms with Crippen molar-refractivity contribution in [3.8, 4) is 6.07 Å². The number of hydrogen-bond donors (Lipinski definition) is 2. The van der Waals surface area contributed by atoms with Crippen LogP contribution in [-0.2, 0) is 0 Å². The lowest BCUT2D eigenvalue weighted by Gasteiger charge is -2.10. The van der Waals surface area contributed by atoms with Gasteiger partial charge >= 0.3 is 0 Å². The third-order valence-corrected chi connectivity index (χ3v) is 4.03. The quantitative estimate of drug-likeness (QED) is 0.729. The Morgan fingerprint density at radius 1 is 0.815 bits per heavy atom. The molecule has 0 heterocycles. The third-order valence-electron chi connectivity index (χ3n) is 4.03. The van der Waals surface area contributed by atoms with Crippen LogP contribution >= 0.6 is 0 Å². The molecular weight excluding hydrogens is 338 g/mol. The van der Waals surface area contributed by atoms with E-state index in [1.54, 1.807) is 42.5 Å². The first-order valence-corrected chi connectivity index (χ1v) is 8.35. The van der Waals surface area contributed by atoms with E-state index in [0.29, 0.717) is 22.4 Å². The van der Waals surface area contributed by atoms with Gasteiger partial charge in [0.2, 0.25) is 0 Å². The zero-order valence-corrected chi connectivity index (χ0v) is 14.7. The number of carbonyl (C=O) groups excluding carboxylic acids is 2. The Hall–Kier alpha value is -3.91. The molecule has 0 aliphatic carbocycles. The molecule has 0 saturated heterocycles. The molecule has 5 heteroatoms. The van der Waals surface area contributed by atoms with Crippen molar-refractivity contribution < 1.29 is 9.59 Å². The van der Waals surface area contributed by atoms with E-state index in [2.05, 4.69) is 10.6 Å². The van der Waals surface area contributed by atoms with Gasteiger partial charge in [-0.15, -0.1) is 0 Å². The van der Waals surface area contributed by atoms with Crippen molar-refractivity contribution >= 4 is 23.2 Å². The molecule has 5 nitrogen and oxygen atoms in total. The standard InChI is InChI=1S/C22H17N3O2/c1-15-6-2-3-11-20(15)25-22(27)18-9-5-8-17(13-18)21(26)24-19-10-4-7-16(12-19)14-23/h2-13H,1H3,(H,24,26)(H,25,27). The lowest BCUT2D eigenvalue weighted by molar-refractivity contribution is 0.102. The lowest BCUT2D eigenvalue weighted by Crippen LogP contribution is -2.16. The SMILES string of the molecule is Cc1ccccc1NC(=O)c1cccc(C(=O)Nc2cccc(C#N)c2)c1. The molecule has 0 bridgehead atoms. The number of amides is 2. The highest BCUT2D eigenvalue weighted by atomic mass is 16.2. The Balaban J connectivity index is 1.76. The number of nitrogens with zero attached hydrogens (tertiary/aromatic N) is 1. The summed E-state index contributed by atoms with van der Waals surface area (Å²) in [6.45, 7) is 1.91. The van der Waals surface area contributed by atoms with E-state index < -0.39 is 0 Å². The van der Waals surface area contributed by atoms with Crippen LogP contribution < -0.4 is 10.6 Å². The lowest BCUT2D eigenvalue weighted by atomic mass is 10.1. The smallest absolute Gasteiger partial charge is 0.255 e. The molecule has 2 N–H and O–H groups in total. The fourth-order valence-corrected chi connectivity index (χ4v) is 2.58. The van der Waals surface area contributed by atoms with Crippen molar-refractivity contribution in [3.63, 3.8) is 0 Å². The summed E-state index contributed by atoms with van der Waals surface area (Å²) in [5.41, 5.74) is 3.40. The molecule has 0 aliphatic rings. The minimum absolute atomic E-state index is 0.287. The second kappa shape index (κ2) is 7.98. The fourth-order valence-electron chi connectivity index (χ4n) is 2.58. The van der Waals surface area contributed by atoms with Gasteiger partial charge in [-0.3, -0.25) is 9.59 Å². The number of carbonyl (C=O) groups is 2. The summed E-state index contributed by atoms with van der Waals surface area (Å²) in [5.74, 6) is -0.638. The van der Waals surface area contributed by atoms with E-state index in [1.807, 2.05) is 37.3 Å². The van der Waals surface area contributed by atoms with Gasteiger partial charge in [0.15, 0.2) is 0 Å². The first kappa shape index (κ1) is 17.9. The minimum atomic E-state index is -0.351. The monoisotopic (exact) mass is 355 g/mol. The molecule has 27 heavy (non-hydrogen) atoms. The number of hydrogen-bond acceptors (Lipinski definition) is 3. The molecule has 3 aromatic rings. The zero-order chi connectivity index (χ0) is 19.2. The van der Waals surface area contributed by atoms with Crippen LogP contribution in [0.5, 0.6) is 0 Å². The van der Waals surface area contributed by atoms with Gasteiger partial charge in [-0.1, -0.05) is 30.3 Å².